The van der Waals surface area contributed by atoms with Crippen molar-refractivity contribution >= 4 is 29.4 Å². The van der Waals surface area contributed by atoms with E-state index in [1.165, 1.54) is 47.2 Å². The quantitative estimate of drug-likeness (QED) is 0.278. The summed E-state index contributed by atoms with van der Waals surface area (Å²) >= 11 is 0. The van der Waals surface area contributed by atoms with Crippen LogP contribution in [0.2, 0.25) is 0 Å². The van der Waals surface area contributed by atoms with Crippen LogP contribution in [0.4, 0.5) is 5.69 Å². The molecule has 0 aliphatic heterocycles. The third-order valence-electron chi connectivity index (χ3n) is 5.78. The predicted molar refractivity (Wildman–Crippen MR) is 147 cm³/mol. The van der Waals surface area contributed by atoms with Gasteiger partial charge in [0.15, 0.2) is 0 Å². The second kappa shape index (κ2) is 15.9. The van der Waals surface area contributed by atoms with Crippen LogP contribution >= 0.6 is 0 Å². The zero-order chi connectivity index (χ0) is 28.8. The minimum atomic E-state index is -0.975. The second-order valence-corrected chi connectivity index (χ2v) is 9.28. The van der Waals surface area contributed by atoms with Crippen LogP contribution in [0.25, 0.3) is 0 Å². The first kappa shape index (κ1) is 30.9. The number of pyridine rings is 2. The van der Waals surface area contributed by atoms with Gasteiger partial charge in [0, 0.05) is 38.3 Å². The van der Waals surface area contributed by atoms with Crippen LogP contribution in [0, 0.1) is 5.92 Å². The van der Waals surface area contributed by atoms with Crippen molar-refractivity contribution in [2.24, 2.45) is 5.92 Å². The number of carbonyl (C=O) groups is 4. The molecule has 0 aliphatic rings. The van der Waals surface area contributed by atoms with E-state index in [9.17, 15) is 24.0 Å². The van der Waals surface area contributed by atoms with Crippen molar-refractivity contribution in [3.8, 4) is 0 Å². The summed E-state index contributed by atoms with van der Waals surface area (Å²) in [6.07, 6.45) is 8.51. The monoisotopic (exact) mass is 539 g/mol. The van der Waals surface area contributed by atoms with Crippen molar-refractivity contribution in [2.45, 2.75) is 52.6 Å². The smallest absolute Gasteiger partial charge is 0.330 e. The Kier molecular flexibility index (Phi) is 12.6. The van der Waals surface area contributed by atoms with Crippen LogP contribution in [0.3, 0.4) is 0 Å². The van der Waals surface area contributed by atoms with E-state index in [0.29, 0.717) is 18.0 Å². The number of amides is 3. The van der Waals surface area contributed by atoms with E-state index in [2.05, 4.69) is 29.5 Å². The number of nitrogens with one attached hydrogen (secondary N) is 2. The summed E-state index contributed by atoms with van der Waals surface area (Å²) in [7, 11) is 1.49. The maximum atomic E-state index is 13.3. The molecule has 0 spiro atoms. The molecule has 2 aromatic rings. The topological polar surface area (TPSA) is 140 Å². The highest BCUT2D eigenvalue weighted by molar-refractivity contribution is 6.00. The fourth-order valence-electron chi connectivity index (χ4n) is 3.64. The molecule has 0 saturated heterocycles. The molecule has 0 aliphatic carbocycles. The van der Waals surface area contributed by atoms with Gasteiger partial charge in [-0.1, -0.05) is 19.9 Å². The van der Waals surface area contributed by atoms with Gasteiger partial charge in [-0.05, 0) is 56.4 Å². The molecule has 0 saturated carbocycles. The molecule has 11 heteroatoms. The number of hydrogen-bond donors (Lipinski definition) is 2. The third-order valence-corrected chi connectivity index (χ3v) is 5.78. The van der Waals surface area contributed by atoms with Gasteiger partial charge in [0.25, 0.3) is 11.5 Å². The van der Waals surface area contributed by atoms with Gasteiger partial charge >= 0.3 is 5.97 Å². The molecule has 39 heavy (non-hydrogen) atoms. The SMILES string of the molecule is CCOC(=O)/C=C/CC[C@@H](C(=O)Nc1cccn(CC(=O)NCCC(C)C)c1=O)N(C)C(=O)c1cccnc1. The van der Waals surface area contributed by atoms with Crippen LogP contribution in [-0.2, 0) is 25.7 Å². The number of hydrogen-bond acceptors (Lipinski definition) is 7. The molecule has 2 aromatic heterocycles. The lowest BCUT2D eigenvalue weighted by atomic mass is 10.1. The highest BCUT2D eigenvalue weighted by atomic mass is 16.5. The normalized spacial score (nSPS) is 11.7. The Balaban J connectivity index is 2.19. The molecule has 0 bridgehead atoms. The average molecular weight is 540 g/mol. The number of rotatable bonds is 14. The van der Waals surface area contributed by atoms with E-state index < -0.39 is 29.4 Å². The predicted octanol–water partition coefficient (Wildman–Crippen LogP) is 2.38. The van der Waals surface area contributed by atoms with Crippen molar-refractivity contribution in [1.82, 2.24) is 19.8 Å². The van der Waals surface area contributed by atoms with Crippen LogP contribution in [0.15, 0.2) is 59.8 Å². The fourth-order valence-corrected chi connectivity index (χ4v) is 3.64. The molecule has 0 fully saturated rings. The number of allylic oxidation sites excluding steroid dienone is 1. The van der Waals surface area contributed by atoms with Crippen molar-refractivity contribution in [3.63, 3.8) is 0 Å². The molecule has 2 heterocycles. The zero-order valence-corrected chi connectivity index (χ0v) is 22.9. The van der Waals surface area contributed by atoms with Gasteiger partial charge < -0.3 is 24.8 Å². The minimum absolute atomic E-state index is 0.0215. The summed E-state index contributed by atoms with van der Waals surface area (Å²) < 4.78 is 6.07. The lowest BCUT2D eigenvalue weighted by Crippen LogP contribution is -2.46. The largest absolute Gasteiger partial charge is 0.463 e. The number of likely N-dealkylation sites (N-methyl/N-ethyl adjacent to an activating group) is 1. The maximum absolute atomic E-state index is 13.3. The Hall–Kier alpha value is -4.28. The first-order chi connectivity index (χ1) is 18.6. The molecule has 11 nitrogen and oxygen atoms in total. The van der Waals surface area contributed by atoms with E-state index in [1.807, 2.05) is 0 Å². The summed E-state index contributed by atoms with van der Waals surface area (Å²) in [5.41, 5.74) is -0.274. The van der Waals surface area contributed by atoms with Crippen molar-refractivity contribution < 1.29 is 23.9 Å². The number of anilines is 1. The van der Waals surface area contributed by atoms with Gasteiger partial charge in [-0.15, -0.1) is 0 Å². The molecule has 1 atom stereocenters. The lowest BCUT2D eigenvalue weighted by Gasteiger charge is -2.27. The van der Waals surface area contributed by atoms with E-state index in [1.54, 1.807) is 31.2 Å². The summed E-state index contributed by atoms with van der Waals surface area (Å²) in [6, 6.07) is 5.22. The number of nitrogens with zero attached hydrogens (tertiary/aromatic N) is 3. The third kappa shape index (κ3) is 10.2. The van der Waals surface area contributed by atoms with Crippen molar-refractivity contribution in [1.29, 1.82) is 0 Å². The fraction of sp³-hybridized carbons (Fsp3) is 0.429. The molecule has 0 aromatic carbocycles. The summed E-state index contributed by atoms with van der Waals surface area (Å²) in [5.74, 6) is -1.40. The Bertz CT molecular complexity index is 1210. The van der Waals surface area contributed by atoms with Crippen molar-refractivity contribution in [2.75, 3.05) is 25.5 Å². The Morgan fingerprint density at radius 1 is 1.15 bits per heavy atom. The lowest BCUT2D eigenvalue weighted by molar-refractivity contribution is -0.137. The summed E-state index contributed by atoms with van der Waals surface area (Å²) in [4.78, 5) is 68.5. The number of carbonyl (C=O) groups excluding carboxylic acids is 4. The molecular weight excluding hydrogens is 502 g/mol. The van der Waals surface area contributed by atoms with E-state index in [-0.39, 0.29) is 37.6 Å². The number of aromatic nitrogens is 2. The van der Waals surface area contributed by atoms with Gasteiger partial charge in [-0.2, -0.15) is 0 Å². The van der Waals surface area contributed by atoms with Gasteiger partial charge in [-0.3, -0.25) is 24.2 Å². The molecule has 0 radical (unpaired) electrons. The van der Waals surface area contributed by atoms with Crippen LogP contribution < -0.4 is 16.2 Å². The first-order valence-corrected chi connectivity index (χ1v) is 12.9. The van der Waals surface area contributed by atoms with Crippen LogP contribution in [0.5, 0.6) is 0 Å². The van der Waals surface area contributed by atoms with Gasteiger partial charge in [-0.25, -0.2) is 4.79 Å². The summed E-state index contributed by atoms with van der Waals surface area (Å²) in [5, 5.41) is 5.39. The van der Waals surface area contributed by atoms with Crippen LogP contribution in [-0.4, -0.2) is 64.4 Å². The maximum Gasteiger partial charge on any atom is 0.330 e. The van der Waals surface area contributed by atoms with E-state index >= 15 is 0 Å². The van der Waals surface area contributed by atoms with Crippen LogP contribution in [0.1, 0.15) is 50.4 Å². The standard InChI is InChI=1S/C28H37N5O6/c1-5-39-25(35)13-7-6-12-23(32(4)27(37)21-10-8-15-29-18-21)26(36)31-22-11-9-17-33(28(22)38)19-24(34)30-16-14-20(2)3/h7-11,13,15,17-18,20,23H,5-6,12,14,16,19H2,1-4H3,(H,30,34)(H,31,36)/b13-7+/t23-/m0/s1. The summed E-state index contributed by atoms with van der Waals surface area (Å²) in [6.45, 7) is 6.35. The highest BCUT2D eigenvalue weighted by Crippen LogP contribution is 2.13. The average Bonchev–Trinajstić information content (AvgIpc) is 2.90. The molecule has 2 N–H and O–H groups in total. The van der Waals surface area contributed by atoms with E-state index in [4.69, 9.17) is 4.74 Å². The molecule has 3 amide bonds. The number of ether oxygens (including phenoxy) is 1. The number of esters is 1. The van der Waals surface area contributed by atoms with Crippen molar-refractivity contribution in [3.05, 3.63) is 70.9 Å². The Morgan fingerprint density at radius 2 is 1.92 bits per heavy atom. The Labute approximate surface area is 228 Å². The van der Waals surface area contributed by atoms with Gasteiger partial charge in [0.05, 0.1) is 12.2 Å². The molecule has 210 valence electrons. The first-order valence-electron chi connectivity index (χ1n) is 12.9. The highest BCUT2D eigenvalue weighted by Gasteiger charge is 2.28. The van der Waals surface area contributed by atoms with Gasteiger partial charge in [0.1, 0.15) is 18.3 Å². The molecular formula is C28H37N5O6. The molecule has 0 unspecified atom stereocenters. The zero-order valence-electron chi connectivity index (χ0n) is 22.9. The second-order valence-electron chi connectivity index (χ2n) is 9.28. The Morgan fingerprint density at radius 3 is 2.59 bits per heavy atom. The minimum Gasteiger partial charge on any atom is -0.463 e. The van der Waals surface area contributed by atoms with Gasteiger partial charge in [0.2, 0.25) is 11.8 Å². The van der Waals surface area contributed by atoms with E-state index in [0.717, 1.165) is 6.42 Å². The molecule has 2 rings (SSSR count).